The van der Waals surface area contributed by atoms with Crippen molar-refractivity contribution in [3.05, 3.63) is 24.3 Å². The molecule has 1 heterocycles. The van der Waals surface area contributed by atoms with E-state index in [2.05, 4.69) is 0 Å². The number of hydrogen-bond acceptors (Lipinski definition) is 5. The summed E-state index contributed by atoms with van der Waals surface area (Å²) in [5.74, 6) is -1.53. The van der Waals surface area contributed by atoms with Crippen LogP contribution < -0.4 is 26.8 Å². The first-order chi connectivity index (χ1) is 9.90. The van der Waals surface area contributed by atoms with Gasteiger partial charge in [0.15, 0.2) is 6.10 Å². The van der Waals surface area contributed by atoms with Gasteiger partial charge in [0.25, 0.3) is 5.91 Å². The summed E-state index contributed by atoms with van der Waals surface area (Å²) in [7, 11) is 0. The van der Waals surface area contributed by atoms with Crippen molar-refractivity contribution in [1.82, 2.24) is 0 Å². The van der Waals surface area contributed by atoms with Gasteiger partial charge in [0, 0.05) is 0 Å². The van der Waals surface area contributed by atoms with Gasteiger partial charge >= 0.3 is 0 Å². The molecule has 1 aliphatic heterocycles. The molecule has 3 amide bonds. The minimum atomic E-state index is -1.08. The second-order valence-corrected chi connectivity index (χ2v) is 4.70. The van der Waals surface area contributed by atoms with E-state index in [9.17, 15) is 14.4 Å². The van der Waals surface area contributed by atoms with Gasteiger partial charge in [0.1, 0.15) is 5.75 Å². The van der Waals surface area contributed by atoms with Crippen LogP contribution in [0.15, 0.2) is 24.3 Å². The Morgan fingerprint density at radius 2 is 1.95 bits per heavy atom. The van der Waals surface area contributed by atoms with Crippen LogP contribution in [0.5, 0.6) is 5.75 Å². The molecule has 1 aromatic carbocycles. The minimum Gasteiger partial charge on any atom is -0.477 e. The molecule has 0 aliphatic carbocycles. The van der Waals surface area contributed by atoms with Gasteiger partial charge in [-0.1, -0.05) is 12.1 Å². The van der Waals surface area contributed by atoms with Crippen LogP contribution in [0.2, 0.25) is 0 Å². The second kappa shape index (κ2) is 5.80. The molecule has 0 fully saturated rings. The zero-order chi connectivity index (χ0) is 15.6. The molecular weight excluding hydrogens is 276 g/mol. The number of anilines is 1. The molecule has 0 saturated heterocycles. The van der Waals surface area contributed by atoms with E-state index in [0.717, 1.165) is 0 Å². The molecule has 0 saturated carbocycles. The summed E-state index contributed by atoms with van der Waals surface area (Å²) in [5.41, 5.74) is 16.4. The van der Waals surface area contributed by atoms with Gasteiger partial charge in [-0.05, 0) is 12.1 Å². The molecular formula is C13H16N4O4. The average molecular weight is 292 g/mol. The largest absolute Gasteiger partial charge is 0.477 e. The average Bonchev–Trinajstić information content (AvgIpc) is 2.44. The monoisotopic (exact) mass is 292 g/mol. The lowest BCUT2D eigenvalue weighted by Crippen LogP contribution is -2.54. The van der Waals surface area contributed by atoms with Crippen molar-refractivity contribution in [2.45, 2.75) is 18.6 Å². The van der Waals surface area contributed by atoms with Gasteiger partial charge in [0.05, 0.1) is 24.7 Å². The van der Waals surface area contributed by atoms with E-state index in [1.54, 1.807) is 24.3 Å². The molecule has 6 N–H and O–H groups in total. The first-order valence-electron chi connectivity index (χ1n) is 6.30. The van der Waals surface area contributed by atoms with Gasteiger partial charge < -0.3 is 26.8 Å². The van der Waals surface area contributed by atoms with E-state index in [4.69, 9.17) is 21.9 Å². The minimum absolute atomic E-state index is 0.0579. The zero-order valence-electron chi connectivity index (χ0n) is 11.2. The summed E-state index contributed by atoms with van der Waals surface area (Å²) in [6.07, 6.45) is -1.25. The summed E-state index contributed by atoms with van der Waals surface area (Å²) in [5, 5.41) is 0. The highest BCUT2D eigenvalue weighted by Gasteiger charge is 2.34. The number of hydrogen-bond donors (Lipinski definition) is 3. The second-order valence-electron chi connectivity index (χ2n) is 4.70. The molecule has 1 aromatic rings. The fourth-order valence-corrected chi connectivity index (χ4v) is 2.10. The third-order valence-corrected chi connectivity index (χ3v) is 3.10. The summed E-state index contributed by atoms with van der Waals surface area (Å²) in [6.45, 7) is -0.0579. The Hall–Kier alpha value is -2.61. The van der Waals surface area contributed by atoms with Crippen LogP contribution in [-0.2, 0) is 14.4 Å². The molecule has 0 aromatic heterocycles. The molecule has 2 unspecified atom stereocenters. The Morgan fingerprint density at radius 3 is 2.57 bits per heavy atom. The topological polar surface area (TPSA) is 142 Å². The third kappa shape index (κ3) is 3.11. The van der Waals surface area contributed by atoms with Crippen molar-refractivity contribution >= 4 is 23.4 Å². The molecule has 2 atom stereocenters. The first-order valence-corrected chi connectivity index (χ1v) is 6.30. The maximum Gasteiger partial charge on any atom is 0.260 e. The van der Waals surface area contributed by atoms with Crippen LogP contribution in [-0.4, -0.2) is 36.4 Å². The molecule has 1 aliphatic rings. The number of nitrogens with zero attached hydrogens (tertiary/aromatic N) is 1. The predicted molar refractivity (Wildman–Crippen MR) is 74.2 cm³/mol. The molecule has 8 heteroatoms. The number of para-hydroxylation sites is 2. The van der Waals surface area contributed by atoms with Crippen LogP contribution in [0.4, 0.5) is 5.69 Å². The Kier molecular flexibility index (Phi) is 4.08. The van der Waals surface area contributed by atoms with Crippen molar-refractivity contribution in [2.24, 2.45) is 17.2 Å². The number of rotatable bonds is 4. The lowest BCUT2D eigenvalue weighted by molar-refractivity contribution is -0.127. The highest BCUT2D eigenvalue weighted by atomic mass is 16.5. The number of carbonyl (C=O) groups excluding carboxylic acids is 3. The lowest BCUT2D eigenvalue weighted by Gasteiger charge is -2.34. The molecule has 21 heavy (non-hydrogen) atoms. The molecule has 112 valence electrons. The summed E-state index contributed by atoms with van der Waals surface area (Å²) >= 11 is 0. The number of benzene rings is 1. The van der Waals surface area contributed by atoms with Crippen LogP contribution in [0, 0.1) is 0 Å². The fourth-order valence-electron chi connectivity index (χ4n) is 2.10. The number of fused-ring (bicyclic) bond motifs is 1. The van der Waals surface area contributed by atoms with Gasteiger partial charge in [0.2, 0.25) is 11.8 Å². The first kappa shape index (κ1) is 14.8. The van der Waals surface area contributed by atoms with Crippen molar-refractivity contribution in [1.29, 1.82) is 0 Å². The van der Waals surface area contributed by atoms with Crippen LogP contribution >= 0.6 is 0 Å². The van der Waals surface area contributed by atoms with Crippen molar-refractivity contribution in [3.8, 4) is 5.75 Å². The number of carbonyl (C=O) groups is 3. The van der Waals surface area contributed by atoms with Crippen LogP contribution in [0.25, 0.3) is 0 Å². The van der Waals surface area contributed by atoms with Gasteiger partial charge in [-0.3, -0.25) is 14.4 Å². The Bertz CT molecular complexity index is 589. The van der Waals surface area contributed by atoms with E-state index in [1.165, 1.54) is 4.90 Å². The third-order valence-electron chi connectivity index (χ3n) is 3.10. The summed E-state index contributed by atoms with van der Waals surface area (Å²) in [6, 6.07) is 5.61. The van der Waals surface area contributed by atoms with E-state index in [1.807, 2.05) is 0 Å². The van der Waals surface area contributed by atoms with Gasteiger partial charge in [-0.15, -0.1) is 0 Å². The normalized spacial score (nSPS) is 18.3. The van der Waals surface area contributed by atoms with Crippen molar-refractivity contribution < 1.29 is 19.1 Å². The van der Waals surface area contributed by atoms with Crippen molar-refractivity contribution in [2.75, 3.05) is 11.4 Å². The quantitative estimate of drug-likeness (QED) is 0.617. The van der Waals surface area contributed by atoms with Gasteiger partial charge in [-0.2, -0.15) is 0 Å². The van der Waals surface area contributed by atoms with Crippen LogP contribution in [0.3, 0.4) is 0 Å². The van der Waals surface area contributed by atoms with Gasteiger partial charge in [-0.25, -0.2) is 0 Å². The summed E-state index contributed by atoms with van der Waals surface area (Å²) < 4.78 is 5.43. The lowest BCUT2D eigenvalue weighted by atomic mass is 10.1. The number of nitrogens with two attached hydrogens (primary N) is 3. The molecule has 8 nitrogen and oxygen atoms in total. The maximum absolute atomic E-state index is 12.3. The van der Waals surface area contributed by atoms with Crippen LogP contribution in [0.1, 0.15) is 6.42 Å². The molecule has 0 radical (unpaired) electrons. The Morgan fingerprint density at radius 1 is 1.29 bits per heavy atom. The SMILES string of the molecule is NC(=O)CC(N)C(=O)N1CC(C(N)=O)Oc2ccccc21. The predicted octanol–water partition coefficient (Wildman–Crippen LogP) is -1.53. The summed E-state index contributed by atoms with van der Waals surface area (Å²) in [4.78, 5) is 35.9. The van der Waals surface area contributed by atoms with Crippen molar-refractivity contribution in [3.63, 3.8) is 0 Å². The molecule has 0 bridgehead atoms. The molecule has 2 rings (SSSR count). The molecule has 0 spiro atoms. The fraction of sp³-hybridized carbons (Fsp3) is 0.308. The Balaban J connectivity index is 2.30. The maximum atomic E-state index is 12.3. The standard InChI is InChI=1S/C13H16N4O4/c14-7(5-11(15)18)13(20)17-6-10(12(16)19)21-9-4-2-1-3-8(9)17/h1-4,7,10H,5-6,14H2,(H2,15,18)(H2,16,19). The number of primary amides is 2. The van der Waals surface area contributed by atoms with E-state index in [-0.39, 0.29) is 13.0 Å². The smallest absolute Gasteiger partial charge is 0.260 e. The van der Waals surface area contributed by atoms with E-state index < -0.39 is 29.9 Å². The Labute approximate surface area is 120 Å². The van der Waals surface area contributed by atoms with E-state index >= 15 is 0 Å². The highest BCUT2D eigenvalue weighted by molar-refractivity contribution is 6.01. The number of ether oxygens (including phenoxy) is 1. The number of amides is 3. The van der Waals surface area contributed by atoms with E-state index in [0.29, 0.717) is 11.4 Å². The highest BCUT2D eigenvalue weighted by Crippen LogP contribution is 2.33. The zero-order valence-corrected chi connectivity index (χ0v) is 11.2.